The molecule has 1 aromatic carbocycles. The number of benzene rings is 1. The summed E-state index contributed by atoms with van der Waals surface area (Å²) in [4.78, 5) is 11.9. The van der Waals surface area contributed by atoms with Gasteiger partial charge in [-0.2, -0.15) is 15.4 Å². The number of carbonyl (C=O) groups excluding carboxylic acids is 1. The van der Waals surface area contributed by atoms with Crippen LogP contribution < -0.4 is 4.74 Å². The number of aromatic nitrogens is 3. The van der Waals surface area contributed by atoms with Crippen LogP contribution in [0, 0.1) is 0 Å². The first-order valence-electron chi connectivity index (χ1n) is 6.60. The maximum absolute atomic E-state index is 11.9. The third kappa shape index (κ3) is 4.05. The minimum Gasteiger partial charge on any atom is -0.494 e. The number of rotatable bonds is 7. The van der Waals surface area contributed by atoms with Crippen LogP contribution in [0.3, 0.4) is 0 Å². The van der Waals surface area contributed by atoms with Crippen LogP contribution in [0.15, 0.2) is 36.5 Å². The summed E-state index contributed by atoms with van der Waals surface area (Å²) in [5, 5.41) is 9.99. The van der Waals surface area contributed by atoms with Gasteiger partial charge in [0.1, 0.15) is 11.4 Å². The van der Waals surface area contributed by atoms with E-state index >= 15 is 0 Å². The number of aromatic amines is 1. The summed E-state index contributed by atoms with van der Waals surface area (Å²) >= 11 is 0. The number of hydrogen-bond acceptors (Lipinski definition) is 4. The van der Waals surface area contributed by atoms with Gasteiger partial charge in [0.25, 0.3) is 0 Å². The summed E-state index contributed by atoms with van der Waals surface area (Å²) in [6, 6.07) is 7.15. The van der Waals surface area contributed by atoms with Crippen LogP contribution >= 0.6 is 0 Å². The van der Waals surface area contributed by atoms with Crippen LogP contribution in [-0.4, -0.2) is 27.8 Å². The fourth-order valence-corrected chi connectivity index (χ4v) is 1.60. The van der Waals surface area contributed by atoms with Gasteiger partial charge in [0.05, 0.1) is 12.8 Å². The molecule has 0 saturated heterocycles. The number of nitrogens with zero attached hydrogens (tertiary/aromatic N) is 2. The average Bonchev–Trinajstić information content (AvgIpc) is 2.99. The van der Waals surface area contributed by atoms with Crippen molar-refractivity contribution >= 4 is 11.9 Å². The van der Waals surface area contributed by atoms with Gasteiger partial charge in [-0.25, -0.2) is 0 Å². The zero-order chi connectivity index (χ0) is 14.2. The lowest BCUT2D eigenvalue weighted by Gasteiger charge is -2.05. The number of allylic oxidation sites excluding steroid dienone is 1. The minimum atomic E-state index is -0.0758. The van der Waals surface area contributed by atoms with E-state index in [2.05, 4.69) is 22.3 Å². The van der Waals surface area contributed by atoms with Gasteiger partial charge in [-0.1, -0.05) is 13.3 Å². The molecule has 2 aromatic rings. The molecule has 20 heavy (non-hydrogen) atoms. The van der Waals surface area contributed by atoms with Crippen molar-refractivity contribution in [1.82, 2.24) is 15.4 Å². The van der Waals surface area contributed by atoms with Crippen LogP contribution in [0.5, 0.6) is 5.75 Å². The smallest absolute Gasteiger partial charge is 0.185 e. The molecule has 0 unspecified atom stereocenters. The molecule has 0 aliphatic carbocycles. The molecule has 0 saturated carbocycles. The van der Waals surface area contributed by atoms with Crippen molar-refractivity contribution in [1.29, 1.82) is 0 Å². The van der Waals surface area contributed by atoms with E-state index < -0.39 is 0 Å². The summed E-state index contributed by atoms with van der Waals surface area (Å²) in [5.74, 6) is 0.712. The van der Waals surface area contributed by atoms with E-state index in [9.17, 15) is 4.79 Å². The predicted molar refractivity (Wildman–Crippen MR) is 76.6 cm³/mol. The van der Waals surface area contributed by atoms with Gasteiger partial charge in [-0.3, -0.25) is 4.79 Å². The van der Waals surface area contributed by atoms with Gasteiger partial charge in [0.15, 0.2) is 5.78 Å². The van der Waals surface area contributed by atoms with Crippen LogP contribution in [0.4, 0.5) is 0 Å². The number of H-pyrrole nitrogens is 1. The first kappa shape index (κ1) is 14.0. The quantitative estimate of drug-likeness (QED) is 0.477. The highest BCUT2D eigenvalue weighted by molar-refractivity contribution is 6.06. The molecule has 0 atom stereocenters. The SMILES string of the molecule is CCCCOc1ccc(C(=O)/C=C/c2cn[nH]n2)cc1. The molecule has 0 bridgehead atoms. The van der Waals surface area contributed by atoms with Crippen molar-refractivity contribution < 1.29 is 9.53 Å². The molecule has 2 rings (SSSR count). The number of unbranched alkanes of at least 4 members (excludes halogenated alkanes) is 1. The van der Waals surface area contributed by atoms with E-state index in [0.717, 1.165) is 18.6 Å². The van der Waals surface area contributed by atoms with E-state index in [1.54, 1.807) is 24.4 Å². The fraction of sp³-hybridized carbons (Fsp3) is 0.267. The summed E-state index contributed by atoms with van der Waals surface area (Å²) in [5.41, 5.74) is 1.24. The second kappa shape index (κ2) is 7.23. The van der Waals surface area contributed by atoms with Gasteiger partial charge >= 0.3 is 0 Å². The molecular formula is C15H17N3O2. The molecule has 1 aromatic heterocycles. The Labute approximate surface area is 117 Å². The molecule has 0 radical (unpaired) electrons. The molecule has 5 heteroatoms. The van der Waals surface area contributed by atoms with Gasteiger partial charge < -0.3 is 4.74 Å². The second-order valence-electron chi connectivity index (χ2n) is 4.32. The topological polar surface area (TPSA) is 67.9 Å². The Morgan fingerprint density at radius 1 is 1.35 bits per heavy atom. The van der Waals surface area contributed by atoms with Crippen LogP contribution in [-0.2, 0) is 0 Å². The van der Waals surface area contributed by atoms with Crippen LogP contribution in [0.1, 0.15) is 35.8 Å². The van der Waals surface area contributed by atoms with Crippen molar-refractivity contribution in [2.45, 2.75) is 19.8 Å². The highest BCUT2D eigenvalue weighted by Gasteiger charge is 2.02. The zero-order valence-corrected chi connectivity index (χ0v) is 11.4. The van der Waals surface area contributed by atoms with Gasteiger partial charge in [-0.05, 0) is 42.8 Å². The molecule has 5 nitrogen and oxygen atoms in total. The van der Waals surface area contributed by atoms with Gasteiger partial charge in [-0.15, -0.1) is 0 Å². The Bertz CT molecular complexity index is 559. The molecule has 0 aliphatic rings. The summed E-state index contributed by atoms with van der Waals surface area (Å²) in [7, 11) is 0. The first-order valence-corrected chi connectivity index (χ1v) is 6.60. The molecule has 1 heterocycles. The Hall–Kier alpha value is -2.43. The van der Waals surface area contributed by atoms with E-state index in [1.807, 2.05) is 12.1 Å². The third-order valence-electron chi connectivity index (χ3n) is 2.74. The highest BCUT2D eigenvalue weighted by atomic mass is 16.5. The summed E-state index contributed by atoms with van der Waals surface area (Å²) in [6.07, 6.45) is 6.78. The normalized spacial score (nSPS) is 10.8. The van der Waals surface area contributed by atoms with Crippen molar-refractivity contribution in [3.8, 4) is 5.75 Å². The maximum Gasteiger partial charge on any atom is 0.185 e. The zero-order valence-electron chi connectivity index (χ0n) is 11.4. The number of carbonyl (C=O) groups is 1. The van der Waals surface area contributed by atoms with Crippen molar-refractivity contribution in [3.63, 3.8) is 0 Å². The van der Waals surface area contributed by atoms with E-state index in [1.165, 1.54) is 6.08 Å². The summed E-state index contributed by atoms with van der Waals surface area (Å²) in [6.45, 7) is 2.82. The molecule has 0 spiro atoms. The van der Waals surface area contributed by atoms with Gasteiger partial charge in [0.2, 0.25) is 0 Å². The largest absolute Gasteiger partial charge is 0.494 e. The van der Waals surface area contributed by atoms with Crippen molar-refractivity contribution in [2.24, 2.45) is 0 Å². The molecule has 0 fully saturated rings. The van der Waals surface area contributed by atoms with Crippen molar-refractivity contribution in [2.75, 3.05) is 6.61 Å². The van der Waals surface area contributed by atoms with Crippen LogP contribution in [0.25, 0.3) is 6.08 Å². The lowest BCUT2D eigenvalue weighted by atomic mass is 10.1. The first-order chi connectivity index (χ1) is 9.79. The lowest BCUT2D eigenvalue weighted by molar-refractivity contribution is 0.104. The Morgan fingerprint density at radius 2 is 2.15 bits per heavy atom. The molecule has 0 aliphatic heterocycles. The second-order valence-corrected chi connectivity index (χ2v) is 4.32. The van der Waals surface area contributed by atoms with E-state index in [4.69, 9.17) is 4.74 Å². The maximum atomic E-state index is 11.9. The monoisotopic (exact) mass is 271 g/mol. The third-order valence-corrected chi connectivity index (χ3v) is 2.74. The minimum absolute atomic E-state index is 0.0758. The molecule has 0 amide bonds. The van der Waals surface area contributed by atoms with Gasteiger partial charge in [0, 0.05) is 5.56 Å². The van der Waals surface area contributed by atoms with E-state index in [-0.39, 0.29) is 5.78 Å². The Kier molecular flexibility index (Phi) is 5.06. The number of ketones is 1. The van der Waals surface area contributed by atoms with Crippen molar-refractivity contribution in [3.05, 3.63) is 47.8 Å². The number of hydrogen-bond donors (Lipinski definition) is 1. The Balaban J connectivity index is 1.93. The summed E-state index contributed by atoms with van der Waals surface area (Å²) < 4.78 is 5.55. The number of nitrogens with one attached hydrogen (secondary N) is 1. The number of ether oxygens (including phenoxy) is 1. The lowest BCUT2D eigenvalue weighted by Crippen LogP contribution is -1.98. The highest BCUT2D eigenvalue weighted by Crippen LogP contribution is 2.13. The standard InChI is InChI=1S/C15H17N3O2/c1-2-3-10-20-14-7-4-12(5-8-14)15(19)9-6-13-11-16-18-17-13/h4-9,11H,2-3,10H2,1H3,(H,16,17,18)/b9-6+. The molecular weight excluding hydrogens is 254 g/mol. The fourth-order valence-electron chi connectivity index (χ4n) is 1.60. The van der Waals surface area contributed by atoms with E-state index in [0.29, 0.717) is 17.9 Å². The average molecular weight is 271 g/mol. The Morgan fingerprint density at radius 3 is 2.80 bits per heavy atom. The molecule has 104 valence electrons. The predicted octanol–water partition coefficient (Wildman–Crippen LogP) is 2.88. The molecule has 1 N–H and O–H groups in total. The van der Waals surface area contributed by atoms with Crippen LogP contribution in [0.2, 0.25) is 0 Å².